The van der Waals surface area contributed by atoms with E-state index in [1.54, 1.807) is 0 Å². The zero-order chi connectivity index (χ0) is 26.5. The molecular weight excluding hydrogens is 456 g/mol. The molecule has 0 radical (unpaired) electrons. The van der Waals surface area contributed by atoms with Crippen LogP contribution in [0.4, 0.5) is 0 Å². The Balaban J connectivity index is 1.55. The molecule has 0 N–H and O–H groups in total. The molecule has 0 bridgehead atoms. The van der Waals surface area contributed by atoms with Gasteiger partial charge in [0.15, 0.2) is 0 Å². The van der Waals surface area contributed by atoms with Gasteiger partial charge in [0.05, 0.1) is 0 Å². The number of hydrogen-bond donors (Lipinski definition) is 0. The fourth-order valence-electron chi connectivity index (χ4n) is 4.82. The van der Waals surface area contributed by atoms with Crippen molar-refractivity contribution >= 4 is 24.3 Å². The maximum atomic E-state index is 2.33. The van der Waals surface area contributed by atoms with Crippen molar-refractivity contribution in [1.29, 1.82) is 0 Å². The zero-order valence-electron chi connectivity index (χ0n) is 22.7. The first-order chi connectivity index (χ1) is 18.4. The third kappa shape index (κ3) is 6.10. The predicted molar refractivity (Wildman–Crippen MR) is 167 cm³/mol. The number of rotatable bonds is 6. The number of aryl methyl sites for hydroxylation is 4. The van der Waals surface area contributed by atoms with Crippen molar-refractivity contribution in [3.8, 4) is 22.3 Å². The Morgan fingerprint density at radius 2 is 0.895 bits per heavy atom. The second-order valence-corrected chi connectivity index (χ2v) is 10.2. The summed E-state index contributed by atoms with van der Waals surface area (Å²) in [5, 5.41) is 0. The first kappa shape index (κ1) is 25.2. The van der Waals surface area contributed by atoms with E-state index in [-0.39, 0.29) is 0 Å². The third-order valence-corrected chi connectivity index (χ3v) is 7.01. The summed E-state index contributed by atoms with van der Waals surface area (Å²) in [5.74, 6) is 0. The molecule has 0 aliphatic rings. The van der Waals surface area contributed by atoms with Crippen LogP contribution in [-0.2, 0) is 0 Å². The number of benzene rings is 5. The highest BCUT2D eigenvalue weighted by atomic mass is 14.1. The van der Waals surface area contributed by atoms with Crippen molar-refractivity contribution in [1.82, 2.24) is 0 Å². The summed E-state index contributed by atoms with van der Waals surface area (Å²) < 4.78 is 0. The lowest BCUT2D eigenvalue weighted by Crippen LogP contribution is -1.90. The van der Waals surface area contributed by atoms with E-state index in [9.17, 15) is 0 Å². The summed E-state index contributed by atoms with van der Waals surface area (Å²) in [6, 6.07) is 39.6. The van der Waals surface area contributed by atoms with E-state index >= 15 is 0 Å². The van der Waals surface area contributed by atoms with E-state index in [4.69, 9.17) is 0 Å². The van der Waals surface area contributed by atoms with Crippen LogP contribution in [0.1, 0.15) is 44.5 Å². The second-order valence-electron chi connectivity index (χ2n) is 10.2. The van der Waals surface area contributed by atoms with Gasteiger partial charge in [0.1, 0.15) is 0 Å². The molecule has 0 saturated heterocycles. The molecule has 5 aromatic carbocycles. The van der Waals surface area contributed by atoms with Crippen LogP contribution >= 0.6 is 0 Å². The van der Waals surface area contributed by atoms with Gasteiger partial charge in [-0.15, -0.1) is 0 Å². The highest BCUT2D eigenvalue weighted by Gasteiger charge is 2.08. The minimum Gasteiger partial charge on any atom is -0.0614 e. The molecule has 38 heavy (non-hydrogen) atoms. The van der Waals surface area contributed by atoms with Gasteiger partial charge >= 0.3 is 0 Å². The molecule has 0 aliphatic heterocycles. The van der Waals surface area contributed by atoms with Crippen molar-refractivity contribution < 1.29 is 0 Å². The van der Waals surface area contributed by atoms with E-state index < -0.39 is 0 Å². The molecule has 5 aromatic rings. The van der Waals surface area contributed by atoms with Crippen molar-refractivity contribution in [3.05, 3.63) is 154 Å². The number of hydrogen-bond acceptors (Lipinski definition) is 0. The van der Waals surface area contributed by atoms with Crippen LogP contribution < -0.4 is 0 Å². The van der Waals surface area contributed by atoms with E-state index in [2.05, 4.69) is 161 Å². The first-order valence-corrected chi connectivity index (χ1v) is 13.3. The van der Waals surface area contributed by atoms with Crippen molar-refractivity contribution in [2.45, 2.75) is 27.7 Å². The summed E-state index contributed by atoms with van der Waals surface area (Å²) in [5.41, 5.74) is 14.9. The van der Waals surface area contributed by atoms with Crippen molar-refractivity contribution in [3.63, 3.8) is 0 Å². The van der Waals surface area contributed by atoms with Gasteiger partial charge in [-0.3, -0.25) is 0 Å². The van der Waals surface area contributed by atoms with E-state index in [1.165, 1.54) is 66.8 Å². The normalized spacial score (nSPS) is 11.5. The fraction of sp³-hybridized carbons (Fsp3) is 0.105. The van der Waals surface area contributed by atoms with Crippen molar-refractivity contribution in [2.75, 3.05) is 0 Å². The maximum Gasteiger partial charge on any atom is -0.0105 e. The summed E-state index contributed by atoms with van der Waals surface area (Å²) in [6.07, 6.45) is 8.91. The van der Waals surface area contributed by atoms with Crippen LogP contribution in [0.3, 0.4) is 0 Å². The van der Waals surface area contributed by atoms with Gasteiger partial charge in [-0.1, -0.05) is 144 Å². The zero-order valence-corrected chi connectivity index (χ0v) is 22.7. The molecule has 0 amide bonds. The van der Waals surface area contributed by atoms with Crippen LogP contribution in [0.2, 0.25) is 0 Å². The van der Waals surface area contributed by atoms with Gasteiger partial charge in [0.2, 0.25) is 0 Å². The maximum absolute atomic E-state index is 2.33. The van der Waals surface area contributed by atoms with Crippen molar-refractivity contribution in [2.24, 2.45) is 0 Å². The van der Waals surface area contributed by atoms with Crippen LogP contribution in [0.25, 0.3) is 46.6 Å². The van der Waals surface area contributed by atoms with Gasteiger partial charge in [0, 0.05) is 0 Å². The molecule has 0 spiro atoms. The van der Waals surface area contributed by atoms with Gasteiger partial charge in [0.25, 0.3) is 0 Å². The van der Waals surface area contributed by atoms with Gasteiger partial charge in [-0.05, 0) is 83.8 Å². The van der Waals surface area contributed by atoms with Crippen LogP contribution in [0.5, 0.6) is 0 Å². The largest absolute Gasteiger partial charge is 0.0614 e. The summed E-state index contributed by atoms with van der Waals surface area (Å²) in [4.78, 5) is 0. The summed E-state index contributed by atoms with van der Waals surface area (Å²) >= 11 is 0. The molecule has 0 aromatic heterocycles. The Bertz CT molecular complexity index is 1610. The minimum absolute atomic E-state index is 1.21. The molecule has 0 saturated carbocycles. The standard InChI is InChI=1S/C38H34/c1-27-11-15-33(16-12-27)34-19-21-35(22-20-34)38-26-36(17-13-31-9-5-7-28(2)23-31)30(4)25-37(38)18-14-32-10-6-8-29(3)24-32/h5-26H,1-4H3/b17-13+,18-14+. The van der Waals surface area contributed by atoms with E-state index in [0.717, 1.165) is 0 Å². The lowest BCUT2D eigenvalue weighted by Gasteiger charge is -2.13. The molecule has 0 aliphatic carbocycles. The average molecular weight is 491 g/mol. The predicted octanol–water partition coefficient (Wildman–Crippen LogP) is 10.6. The Morgan fingerprint density at radius 1 is 0.395 bits per heavy atom. The van der Waals surface area contributed by atoms with Gasteiger partial charge in [-0.25, -0.2) is 0 Å². The van der Waals surface area contributed by atoms with Crippen LogP contribution in [-0.4, -0.2) is 0 Å². The minimum atomic E-state index is 1.21. The average Bonchev–Trinajstić information content (AvgIpc) is 2.92. The van der Waals surface area contributed by atoms with Crippen LogP contribution in [0, 0.1) is 27.7 Å². The molecule has 0 heterocycles. The molecule has 5 rings (SSSR count). The summed E-state index contributed by atoms with van der Waals surface area (Å²) in [6.45, 7) is 8.60. The third-order valence-electron chi connectivity index (χ3n) is 7.01. The lowest BCUT2D eigenvalue weighted by atomic mass is 9.92. The fourth-order valence-corrected chi connectivity index (χ4v) is 4.82. The first-order valence-electron chi connectivity index (χ1n) is 13.3. The van der Waals surface area contributed by atoms with Gasteiger partial charge in [-0.2, -0.15) is 0 Å². The van der Waals surface area contributed by atoms with Crippen LogP contribution in [0.15, 0.2) is 109 Å². The highest BCUT2D eigenvalue weighted by molar-refractivity contribution is 5.85. The molecule has 0 atom stereocenters. The van der Waals surface area contributed by atoms with E-state index in [0.29, 0.717) is 0 Å². The highest BCUT2D eigenvalue weighted by Crippen LogP contribution is 2.32. The Morgan fingerprint density at radius 3 is 1.45 bits per heavy atom. The second kappa shape index (κ2) is 11.3. The molecular formula is C38H34. The Hall–Kier alpha value is -4.42. The van der Waals surface area contributed by atoms with E-state index in [1.807, 2.05) is 0 Å². The molecule has 0 fully saturated rings. The van der Waals surface area contributed by atoms with Gasteiger partial charge < -0.3 is 0 Å². The monoisotopic (exact) mass is 490 g/mol. The molecule has 0 heteroatoms. The molecule has 186 valence electrons. The Kier molecular flexibility index (Phi) is 7.52. The smallest absolute Gasteiger partial charge is 0.0105 e. The molecule has 0 nitrogen and oxygen atoms in total. The topological polar surface area (TPSA) is 0 Å². The quantitative estimate of drug-likeness (QED) is 0.208. The Labute approximate surface area is 227 Å². The lowest BCUT2D eigenvalue weighted by molar-refractivity contribution is 1.42. The molecule has 0 unspecified atom stereocenters. The summed E-state index contributed by atoms with van der Waals surface area (Å²) in [7, 11) is 0. The SMILES string of the molecule is Cc1ccc(-c2ccc(-c3cc(/C=C/c4cccc(C)c4)c(C)cc3/C=C/c3cccc(C)c3)cc2)cc1.